The number of para-hydroxylation sites is 1. The third-order valence-electron chi connectivity index (χ3n) is 2.33. The lowest BCUT2D eigenvalue weighted by Crippen LogP contribution is -2.02. The van der Waals surface area contributed by atoms with Gasteiger partial charge in [0.15, 0.2) is 0 Å². The molecule has 0 saturated heterocycles. The van der Waals surface area contributed by atoms with Gasteiger partial charge >= 0.3 is 0 Å². The zero-order valence-electron chi connectivity index (χ0n) is 9.03. The number of anilines is 2. The van der Waals surface area contributed by atoms with Crippen LogP contribution in [0.15, 0.2) is 30.5 Å². The molecule has 0 aliphatic rings. The van der Waals surface area contributed by atoms with E-state index >= 15 is 0 Å². The lowest BCUT2D eigenvalue weighted by Gasteiger charge is -2.09. The van der Waals surface area contributed by atoms with Crippen LogP contribution in [-0.4, -0.2) is 17.3 Å². The van der Waals surface area contributed by atoms with Gasteiger partial charge in [-0.1, -0.05) is 18.2 Å². The first-order valence-electron chi connectivity index (χ1n) is 4.96. The summed E-state index contributed by atoms with van der Waals surface area (Å²) >= 11 is 0. The van der Waals surface area contributed by atoms with Crippen LogP contribution in [0.4, 0.5) is 11.5 Å². The second-order valence-corrected chi connectivity index (χ2v) is 3.36. The number of methoxy groups -OCH3 is 1. The SMILES string of the molecule is COc1ccccc1CNc1cn[nH]c1N. The number of aromatic amines is 1. The van der Waals surface area contributed by atoms with Crippen LogP contribution in [0.5, 0.6) is 5.75 Å². The highest BCUT2D eigenvalue weighted by molar-refractivity contribution is 5.60. The van der Waals surface area contributed by atoms with Crippen molar-refractivity contribution in [2.24, 2.45) is 0 Å². The fourth-order valence-corrected chi connectivity index (χ4v) is 1.48. The number of rotatable bonds is 4. The predicted octanol–water partition coefficient (Wildman–Crippen LogP) is 1.61. The van der Waals surface area contributed by atoms with Crippen molar-refractivity contribution in [1.82, 2.24) is 10.2 Å². The highest BCUT2D eigenvalue weighted by Gasteiger charge is 2.03. The molecule has 4 N–H and O–H groups in total. The quantitative estimate of drug-likeness (QED) is 0.728. The highest BCUT2D eigenvalue weighted by atomic mass is 16.5. The lowest BCUT2D eigenvalue weighted by atomic mass is 10.2. The smallest absolute Gasteiger partial charge is 0.142 e. The fourth-order valence-electron chi connectivity index (χ4n) is 1.48. The van der Waals surface area contributed by atoms with Crippen LogP contribution in [0.1, 0.15) is 5.56 Å². The molecule has 1 heterocycles. The molecule has 84 valence electrons. The first kappa shape index (κ1) is 10.4. The Bertz CT molecular complexity index is 467. The molecule has 1 aromatic heterocycles. The number of benzene rings is 1. The zero-order chi connectivity index (χ0) is 11.4. The summed E-state index contributed by atoms with van der Waals surface area (Å²) in [5.74, 6) is 1.40. The minimum atomic E-state index is 0.537. The van der Waals surface area contributed by atoms with Crippen molar-refractivity contribution in [1.29, 1.82) is 0 Å². The van der Waals surface area contributed by atoms with E-state index in [1.54, 1.807) is 13.3 Å². The van der Waals surface area contributed by atoms with Crippen LogP contribution in [0.25, 0.3) is 0 Å². The topological polar surface area (TPSA) is 76.0 Å². The van der Waals surface area contributed by atoms with Crippen LogP contribution in [0.3, 0.4) is 0 Å². The Balaban J connectivity index is 2.07. The summed E-state index contributed by atoms with van der Waals surface area (Å²) < 4.78 is 5.25. The molecule has 2 aromatic rings. The number of nitrogens with one attached hydrogen (secondary N) is 2. The lowest BCUT2D eigenvalue weighted by molar-refractivity contribution is 0.410. The number of hydrogen-bond acceptors (Lipinski definition) is 4. The predicted molar refractivity (Wildman–Crippen MR) is 63.3 cm³/mol. The second-order valence-electron chi connectivity index (χ2n) is 3.36. The largest absolute Gasteiger partial charge is 0.496 e. The Morgan fingerprint density at radius 3 is 2.94 bits per heavy atom. The average Bonchev–Trinajstić information content (AvgIpc) is 2.72. The maximum absolute atomic E-state index is 5.66. The first-order chi connectivity index (χ1) is 7.81. The van der Waals surface area contributed by atoms with Gasteiger partial charge in [-0.2, -0.15) is 5.10 Å². The van der Waals surface area contributed by atoms with Crippen molar-refractivity contribution < 1.29 is 4.74 Å². The Hall–Kier alpha value is -2.17. The molecule has 16 heavy (non-hydrogen) atoms. The molecule has 5 heteroatoms. The van der Waals surface area contributed by atoms with Crippen molar-refractivity contribution >= 4 is 11.5 Å². The standard InChI is InChI=1S/C11H14N4O/c1-16-10-5-3-2-4-8(10)6-13-9-7-14-15-11(9)12/h2-5,7,13H,6H2,1H3,(H3,12,14,15). The first-order valence-corrected chi connectivity index (χ1v) is 4.96. The van der Waals surface area contributed by atoms with E-state index in [1.165, 1.54) is 0 Å². The summed E-state index contributed by atoms with van der Waals surface area (Å²) in [4.78, 5) is 0. The number of nitrogen functional groups attached to an aromatic ring is 1. The van der Waals surface area contributed by atoms with Crippen molar-refractivity contribution in [2.45, 2.75) is 6.54 Å². The van der Waals surface area contributed by atoms with Crippen LogP contribution < -0.4 is 15.8 Å². The summed E-state index contributed by atoms with van der Waals surface area (Å²) in [6.07, 6.45) is 1.66. The number of nitrogens with zero attached hydrogens (tertiary/aromatic N) is 1. The van der Waals surface area contributed by atoms with E-state index < -0.39 is 0 Å². The molecule has 0 bridgehead atoms. The summed E-state index contributed by atoms with van der Waals surface area (Å²) in [5, 5.41) is 9.69. The van der Waals surface area contributed by atoms with Crippen molar-refractivity contribution in [3.05, 3.63) is 36.0 Å². The molecular weight excluding hydrogens is 204 g/mol. The molecule has 0 amide bonds. The van der Waals surface area contributed by atoms with Gasteiger partial charge in [-0.3, -0.25) is 5.10 Å². The highest BCUT2D eigenvalue weighted by Crippen LogP contribution is 2.20. The molecule has 0 radical (unpaired) electrons. The number of ether oxygens (including phenoxy) is 1. The Kier molecular flexibility index (Phi) is 2.95. The minimum absolute atomic E-state index is 0.537. The van der Waals surface area contributed by atoms with Gasteiger partial charge in [-0.25, -0.2) is 0 Å². The van der Waals surface area contributed by atoms with Gasteiger partial charge in [-0.05, 0) is 6.07 Å². The molecule has 1 aromatic carbocycles. The van der Waals surface area contributed by atoms with E-state index in [2.05, 4.69) is 15.5 Å². The molecule has 0 saturated carbocycles. The van der Waals surface area contributed by atoms with Crippen LogP contribution in [0.2, 0.25) is 0 Å². The van der Waals surface area contributed by atoms with E-state index in [-0.39, 0.29) is 0 Å². The number of aromatic nitrogens is 2. The third-order valence-corrected chi connectivity index (χ3v) is 2.33. The van der Waals surface area contributed by atoms with Gasteiger partial charge in [0.2, 0.25) is 0 Å². The summed E-state index contributed by atoms with van der Waals surface area (Å²) in [7, 11) is 1.66. The van der Waals surface area contributed by atoms with E-state index in [0.29, 0.717) is 12.4 Å². The Morgan fingerprint density at radius 1 is 1.44 bits per heavy atom. The average molecular weight is 218 g/mol. The normalized spacial score (nSPS) is 10.1. The van der Waals surface area contributed by atoms with Crippen LogP contribution >= 0.6 is 0 Å². The summed E-state index contributed by atoms with van der Waals surface area (Å²) in [5.41, 5.74) is 7.54. The van der Waals surface area contributed by atoms with Crippen LogP contribution in [0, 0.1) is 0 Å². The molecular formula is C11H14N4O. The third kappa shape index (κ3) is 2.08. The van der Waals surface area contributed by atoms with Crippen LogP contribution in [-0.2, 0) is 6.54 Å². The Labute approximate surface area is 93.6 Å². The maximum atomic E-state index is 5.66. The van der Waals surface area contributed by atoms with Crippen molar-refractivity contribution in [3.63, 3.8) is 0 Å². The van der Waals surface area contributed by atoms with Gasteiger partial charge < -0.3 is 15.8 Å². The zero-order valence-corrected chi connectivity index (χ0v) is 9.03. The van der Waals surface area contributed by atoms with Gasteiger partial charge in [0, 0.05) is 12.1 Å². The number of hydrogen-bond donors (Lipinski definition) is 3. The van der Waals surface area contributed by atoms with Gasteiger partial charge in [0.05, 0.1) is 19.0 Å². The van der Waals surface area contributed by atoms with E-state index in [1.807, 2.05) is 24.3 Å². The molecule has 2 rings (SSSR count). The van der Waals surface area contributed by atoms with E-state index in [9.17, 15) is 0 Å². The maximum Gasteiger partial charge on any atom is 0.142 e. The molecule has 5 nitrogen and oxygen atoms in total. The summed E-state index contributed by atoms with van der Waals surface area (Å²) in [6, 6.07) is 7.84. The molecule has 0 aliphatic carbocycles. The molecule has 0 aliphatic heterocycles. The minimum Gasteiger partial charge on any atom is -0.496 e. The number of nitrogens with two attached hydrogens (primary N) is 1. The van der Waals surface area contributed by atoms with Crippen molar-refractivity contribution in [3.8, 4) is 5.75 Å². The summed E-state index contributed by atoms with van der Waals surface area (Å²) in [6.45, 7) is 0.647. The van der Waals surface area contributed by atoms with E-state index in [0.717, 1.165) is 17.0 Å². The Morgan fingerprint density at radius 2 is 2.25 bits per heavy atom. The molecule has 0 unspecified atom stereocenters. The van der Waals surface area contributed by atoms with Gasteiger partial charge in [0.25, 0.3) is 0 Å². The van der Waals surface area contributed by atoms with Crippen molar-refractivity contribution in [2.75, 3.05) is 18.2 Å². The van der Waals surface area contributed by atoms with E-state index in [4.69, 9.17) is 10.5 Å². The van der Waals surface area contributed by atoms with Gasteiger partial charge in [0.1, 0.15) is 11.6 Å². The van der Waals surface area contributed by atoms with Gasteiger partial charge in [-0.15, -0.1) is 0 Å². The second kappa shape index (κ2) is 4.57. The molecule has 0 atom stereocenters. The monoisotopic (exact) mass is 218 g/mol. The fraction of sp³-hybridized carbons (Fsp3) is 0.182. The number of H-pyrrole nitrogens is 1. The molecule has 0 spiro atoms. The molecule has 0 fully saturated rings.